The average Bonchev–Trinajstić information content (AvgIpc) is 3.04. The zero-order chi connectivity index (χ0) is 33.2. The molecule has 1 unspecified atom stereocenters. The monoisotopic (exact) mass is 625 g/mol. The van der Waals surface area contributed by atoms with Gasteiger partial charge < -0.3 is 19.7 Å². The van der Waals surface area contributed by atoms with E-state index in [1.54, 1.807) is 26.0 Å². The van der Waals surface area contributed by atoms with Crippen LogP contribution in [0.25, 0.3) is 0 Å². The Morgan fingerprint density at radius 1 is 0.848 bits per heavy atom. The van der Waals surface area contributed by atoms with E-state index in [-0.39, 0.29) is 41.9 Å². The van der Waals surface area contributed by atoms with Crippen molar-refractivity contribution in [1.29, 1.82) is 0 Å². The van der Waals surface area contributed by atoms with Gasteiger partial charge >= 0.3 is 11.9 Å². The third-order valence-corrected chi connectivity index (χ3v) is 8.07. The van der Waals surface area contributed by atoms with E-state index in [0.29, 0.717) is 23.5 Å². The Morgan fingerprint density at radius 3 is 1.96 bits per heavy atom. The lowest BCUT2D eigenvalue weighted by atomic mass is 9.80. The number of nitro groups is 1. The number of hydrogen-bond acceptors (Lipinski definition) is 8. The summed E-state index contributed by atoms with van der Waals surface area (Å²) in [6, 6.07) is 26.8. The topological polar surface area (TPSA) is 111 Å². The number of nitrogens with one attached hydrogen (secondary N) is 1. The summed E-state index contributed by atoms with van der Waals surface area (Å²) in [5, 5.41) is 14.8. The third-order valence-electron chi connectivity index (χ3n) is 8.07. The van der Waals surface area contributed by atoms with Crippen LogP contribution >= 0.6 is 0 Å². The van der Waals surface area contributed by atoms with Crippen LogP contribution in [0.4, 0.5) is 5.69 Å². The maximum absolute atomic E-state index is 13.7. The van der Waals surface area contributed by atoms with E-state index >= 15 is 0 Å². The Balaban J connectivity index is 1.48. The molecule has 242 valence electrons. The van der Waals surface area contributed by atoms with E-state index in [9.17, 15) is 19.7 Å². The van der Waals surface area contributed by atoms with Crippen LogP contribution < -0.4 is 5.32 Å². The van der Waals surface area contributed by atoms with Crippen LogP contribution in [-0.4, -0.2) is 55.1 Å². The molecule has 0 saturated carbocycles. The van der Waals surface area contributed by atoms with Crippen LogP contribution in [-0.2, 0) is 19.1 Å². The maximum Gasteiger partial charge on any atom is 0.336 e. The summed E-state index contributed by atoms with van der Waals surface area (Å²) in [5.74, 6) is -1.74. The fourth-order valence-corrected chi connectivity index (χ4v) is 5.74. The van der Waals surface area contributed by atoms with Gasteiger partial charge in [-0.3, -0.25) is 10.1 Å². The van der Waals surface area contributed by atoms with Gasteiger partial charge in [0.2, 0.25) is 0 Å². The molecule has 0 fully saturated rings. The molecule has 0 radical (unpaired) electrons. The first-order chi connectivity index (χ1) is 22.1. The van der Waals surface area contributed by atoms with Gasteiger partial charge in [0.05, 0.1) is 28.6 Å². The normalized spacial score (nSPS) is 14.9. The van der Waals surface area contributed by atoms with E-state index < -0.39 is 22.8 Å². The molecule has 46 heavy (non-hydrogen) atoms. The van der Waals surface area contributed by atoms with Crippen molar-refractivity contribution in [3.05, 3.63) is 134 Å². The minimum absolute atomic E-state index is 0.104. The summed E-state index contributed by atoms with van der Waals surface area (Å²) in [6.45, 7) is 8.93. The lowest BCUT2D eigenvalue weighted by Gasteiger charge is -2.30. The molecular formula is C37H43N3O6. The summed E-state index contributed by atoms with van der Waals surface area (Å²) >= 11 is 0. The quantitative estimate of drug-likeness (QED) is 0.119. The van der Waals surface area contributed by atoms with E-state index in [1.165, 1.54) is 23.3 Å². The fraction of sp³-hybridized carbons (Fsp3) is 0.351. The molecule has 9 nitrogen and oxygen atoms in total. The molecule has 0 aromatic heterocycles. The molecule has 1 aliphatic heterocycles. The van der Waals surface area contributed by atoms with Crippen LogP contribution in [0.3, 0.4) is 0 Å². The maximum atomic E-state index is 13.7. The summed E-state index contributed by atoms with van der Waals surface area (Å²) < 4.78 is 11.4. The Morgan fingerprint density at radius 2 is 1.41 bits per heavy atom. The first-order valence-electron chi connectivity index (χ1n) is 15.6. The van der Waals surface area contributed by atoms with Gasteiger partial charge in [-0.2, -0.15) is 0 Å². The SMILES string of the molecule is CC1=C(C(=O)OCCN(C)CCC(c2ccccc2)c2ccccc2)C(c2cccc([N+](=O)[O-])c2)C(C(=O)OCC(C)C)=C(C)N1. The molecule has 1 atom stereocenters. The summed E-state index contributed by atoms with van der Waals surface area (Å²) in [7, 11) is 1.99. The Labute approximate surface area is 271 Å². The van der Waals surface area contributed by atoms with Crippen LogP contribution in [0, 0.1) is 16.0 Å². The van der Waals surface area contributed by atoms with Gasteiger partial charge in [-0.15, -0.1) is 0 Å². The minimum Gasteiger partial charge on any atom is -0.462 e. The number of nitrogens with zero attached hydrogens (tertiary/aromatic N) is 2. The number of likely N-dealkylation sites (N-methyl/N-ethyl adjacent to an activating group) is 1. The molecule has 3 aromatic carbocycles. The average molecular weight is 626 g/mol. The smallest absolute Gasteiger partial charge is 0.336 e. The van der Waals surface area contributed by atoms with Gasteiger partial charge in [-0.1, -0.05) is 86.6 Å². The number of non-ortho nitro benzene ring substituents is 1. The summed E-state index contributed by atoms with van der Waals surface area (Å²) in [5.41, 5.74) is 4.27. The van der Waals surface area contributed by atoms with Gasteiger partial charge in [0.15, 0.2) is 0 Å². The van der Waals surface area contributed by atoms with E-state index in [2.05, 4.69) is 58.7 Å². The van der Waals surface area contributed by atoms with Gasteiger partial charge in [-0.05, 0) is 56.5 Å². The van der Waals surface area contributed by atoms with Crippen molar-refractivity contribution in [2.24, 2.45) is 5.92 Å². The largest absolute Gasteiger partial charge is 0.462 e. The number of dihydropyridines is 1. The number of allylic oxidation sites excluding steroid dienone is 2. The molecular weight excluding hydrogens is 582 g/mol. The molecule has 4 rings (SSSR count). The number of carbonyl (C=O) groups is 2. The van der Waals surface area contributed by atoms with E-state index in [0.717, 1.165) is 13.0 Å². The third kappa shape index (κ3) is 8.69. The van der Waals surface area contributed by atoms with Crippen molar-refractivity contribution in [1.82, 2.24) is 10.2 Å². The minimum atomic E-state index is -0.899. The number of ether oxygens (including phenoxy) is 2. The predicted molar refractivity (Wildman–Crippen MR) is 178 cm³/mol. The fourth-order valence-electron chi connectivity index (χ4n) is 5.74. The molecule has 1 N–H and O–H groups in total. The first kappa shape index (κ1) is 34.1. The number of benzene rings is 3. The van der Waals surface area contributed by atoms with E-state index in [1.807, 2.05) is 33.0 Å². The van der Waals surface area contributed by atoms with Crippen LogP contribution in [0.1, 0.15) is 62.6 Å². The Bertz CT molecular complexity index is 1540. The molecule has 9 heteroatoms. The second-order valence-corrected chi connectivity index (χ2v) is 12.1. The number of esters is 2. The van der Waals surface area contributed by atoms with Crippen molar-refractivity contribution < 1.29 is 24.0 Å². The van der Waals surface area contributed by atoms with Gasteiger partial charge in [0, 0.05) is 36.0 Å². The highest BCUT2D eigenvalue weighted by Gasteiger charge is 2.38. The number of rotatable bonds is 14. The highest BCUT2D eigenvalue weighted by molar-refractivity contribution is 6.00. The molecule has 3 aromatic rings. The highest BCUT2D eigenvalue weighted by atomic mass is 16.6. The zero-order valence-corrected chi connectivity index (χ0v) is 27.2. The molecule has 0 aliphatic carbocycles. The van der Waals surface area contributed by atoms with Gasteiger partial charge in [0.1, 0.15) is 6.61 Å². The Hall–Kier alpha value is -4.76. The standard InChI is InChI=1S/C37H43N3O6/c1-25(2)24-46-37(42)34-27(4)38-26(3)33(35(34)30-17-12-18-31(23-30)40(43)44)36(41)45-22-21-39(5)20-19-32(28-13-8-6-9-14-28)29-15-10-7-11-16-29/h6-18,23,25,32,35,38H,19-22,24H2,1-5H3. The molecule has 1 heterocycles. The van der Waals surface area contributed by atoms with Crippen LogP contribution in [0.5, 0.6) is 0 Å². The van der Waals surface area contributed by atoms with Crippen LogP contribution in [0.15, 0.2) is 107 Å². The highest BCUT2D eigenvalue weighted by Crippen LogP contribution is 2.40. The second-order valence-electron chi connectivity index (χ2n) is 12.1. The molecule has 1 aliphatic rings. The first-order valence-corrected chi connectivity index (χ1v) is 15.6. The molecule has 0 spiro atoms. The van der Waals surface area contributed by atoms with Gasteiger partial charge in [0.25, 0.3) is 5.69 Å². The van der Waals surface area contributed by atoms with Crippen molar-refractivity contribution in [2.45, 2.75) is 46.0 Å². The number of carbonyl (C=O) groups excluding carboxylic acids is 2. The lowest BCUT2D eigenvalue weighted by molar-refractivity contribution is -0.384. The number of hydrogen-bond donors (Lipinski definition) is 1. The van der Waals surface area contributed by atoms with Gasteiger partial charge in [-0.25, -0.2) is 9.59 Å². The Kier molecular flexibility index (Phi) is 11.9. The second kappa shape index (κ2) is 16.0. The molecule has 0 bridgehead atoms. The zero-order valence-electron chi connectivity index (χ0n) is 27.2. The molecule has 0 saturated heterocycles. The van der Waals surface area contributed by atoms with E-state index in [4.69, 9.17) is 9.47 Å². The lowest BCUT2D eigenvalue weighted by Crippen LogP contribution is -2.33. The van der Waals surface area contributed by atoms with Crippen molar-refractivity contribution in [3.8, 4) is 0 Å². The van der Waals surface area contributed by atoms with Crippen molar-refractivity contribution in [3.63, 3.8) is 0 Å². The van der Waals surface area contributed by atoms with Crippen molar-refractivity contribution >= 4 is 17.6 Å². The molecule has 0 amide bonds. The van der Waals surface area contributed by atoms with Crippen molar-refractivity contribution in [2.75, 3.05) is 33.4 Å². The number of nitro benzene ring substituents is 1. The predicted octanol–water partition coefficient (Wildman–Crippen LogP) is 6.73. The summed E-state index contributed by atoms with van der Waals surface area (Å²) in [4.78, 5) is 40.4. The summed E-state index contributed by atoms with van der Waals surface area (Å²) in [6.07, 6.45) is 0.882. The van der Waals surface area contributed by atoms with Crippen LogP contribution in [0.2, 0.25) is 0 Å².